The van der Waals surface area contributed by atoms with Gasteiger partial charge in [0, 0.05) is 0 Å². The Labute approximate surface area is 142 Å². The second-order valence-electron chi connectivity index (χ2n) is 6.50. The van der Waals surface area contributed by atoms with Crippen LogP contribution in [0.15, 0.2) is 48.5 Å². The molecule has 0 unspecified atom stereocenters. The van der Waals surface area contributed by atoms with Crippen molar-refractivity contribution in [2.24, 2.45) is 11.8 Å². The van der Waals surface area contributed by atoms with Crippen LogP contribution in [-0.4, -0.2) is 23.4 Å². The molecule has 1 aliphatic carbocycles. The van der Waals surface area contributed by atoms with Gasteiger partial charge in [-0.2, -0.15) is 0 Å². The second-order valence-corrected chi connectivity index (χ2v) is 6.50. The van der Waals surface area contributed by atoms with E-state index in [1.54, 1.807) is 48.5 Å². The first-order valence-corrected chi connectivity index (χ1v) is 8.53. The van der Waals surface area contributed by atoms with Gasteiger partial charge >= 0.3 is 0 Å². The van der Waals surface area contributed by atoms with Crippen LogP contribution in [0.3, 0.4) is 0 Å². The fourth-order valence-corrected chi connectivity index (χ4v) is 3.08. The van der Waals surface area contributed by atoms with E-state index in [1.807, 2.05) is 0 Å². The molecule has 4 nitrogen and oxygen atoms in total. The van der Waals surface area contributed by atoms with Crippen LogP contribution in [0, 0.1) is 11.8 Å². The molecule has 1 aliphatic rings. The summed E-state index contributed by atoms with van der Waals surface area (Å²) < 4.78 is 11.6. The molecule has 0 aromatic heterocycles. The molecule has 0 bridgehead atoms. The van der Waals surface area contributed by atoms with E-state index in [4.69, 9.17) is 9.47 Å². The maximum atomic E-state index is 9.27. The van der Waals surface area contributed by atoms with E-state index in [0.29, 0.717) is 11.8 Å². The van der Waals surface area contributed by atoms with Gasteiger partial charge in [-0.15, -0.1) is 0 Å². The summed E-state index contributed by atoms with van der Waals surface area (Å²) in [5.74, 6) is 3.32. The highest BCUT2D eigenvalue weighted by atomic mass is 16.5. The molecule has 2 aromatic rings. The zero-order chi connectivity index (χ0) is 16.8. The smallest absolute Gasteiger partial charge is 0.119 e. The first-order chi connectivity index (χ1) is 11.7. The lowest BCUT2D eigenvalue weighted by Gasteiger charge is -2.28. The molecule has 1 saturated carbocycles. The molecule has 0 spiro atoms. The quantitative estimate of drug-likeness (QED) is 0.827. The molecule has 4 heteroatoms. The third-order valence-corrected chi connectivity index (χ3v) is 4.61. The van der Waals surface area contributed by atoms with Gasteiger partial charge in [-0.05, 0) is 86.1 Å². The maximum absolute atomic E-state index is 9.27. The van der Waals surface area contributed by atoms with Gasteiger partial charge in [0.25, 0.3) is 0 Å². The highest BCUT2D eigenvalue weighted by molar-refractivity contribution is 5.30. The Hall–Kier alpha value is -2.36. The Morgan fingerprint density at radius 2 is 0.958 bits per heavy atom. The third-order valence-electron chi connectivity index (χ3n) is 4.61. The normalized spacial score (nSPS) is 20.5. The van der Waals surface area contributed by atoms with Gasteiger partial charge in [0.15, 0.2) is 0 Å². The van der Waals surface area contributed by atoms with Crippen molar-refractivity contribution in [2.75, 3.05) is 13.2 Å². The second kappa shape index (κ2) is 7.95. The predicted molar refractivity (Wildman–Crippen MR) is 92.7 cm³/mol. The van der Waals surface area contributed by atoms with Gasteiger partial charge in [-0.3, -0.25) is 0 Å². The number of hydrogen-bond acceptors (Lipinski definition) is 4. The van der Waals surface area contributed by atoms with Crippen LogP contribution >= 0.6 is 0 Å². The molecule has 128 valence electrons. The van der Waals surface area contributed by atoms with Crippen LogP contribution < -0.4 is 9.47 Å². The lowest BCUT2D eigenvalue weighted by molar-refractivity contribution is 0.148. The Morgan fingerprint density at radius 3 is 1.29 bits per heavy atom. The topological polar surface area (TPSA) is 58.9 Å². The number of phenols is 2. The molecule has 0 amide bonds. The zero-order valence-corrected chi connectivity index (χ0v) is 13.7. The van der Waals surface area contributed by atoms with Crippen molar-refractivity contribution in [3.05, 3.63) is 48.5 Å². The van der Waals surface area contributed by atoms with Gasteiger partial charge in [0.2, 0.25) is 0 Å². The van der Waals surface area contributed by atoms with Gasteiger partial charge in [-0.1, -0.05) is 0 Å². The number of aromatic hydroxyl groups is 2. The Balaban J connectivity index is 1.36. The molecule has 1 fully saturated rings. The monoisotopic (exact) mass is 328 g/mol. The standard InChI is InChI=1S/C20H24O4/c21-17-5-9-19(10-6-17)23-13-15-1-2-16(4-3-15)14-24-20-11-7-18(22)8-12-20/h5-12,15-16,21-22H,1-4,13-14H2. The van der Waals surface area contributed by atoms with E-state index in [0.717, 1.165) is 50.4 Å². The van der Waals surface area contributed by atoms with Crippen LogP contribution in [0.2, 0.25) is 0 Å². The van der Waals surface area contributed by atoms with Gasteiger partial charge in [0.1, 0.15) is 23.0 Å². The summed E-state index contributed by atoms with van der Waals surface area (Å²) in [4.78, 5) is 0. The molecule has 0 radical (unpaired) electrons. The van der Waals surface area contributed by atoms with Crippen LogP contribution in [0.1, 0.15) is 25.7 Å². The molecule has 24 heavy (non-hydrogen) atoms. The maximum Gasteiger partial charge on any atom is 0.119 e. The molecular weight excluding hydrogens is 304 g/mol. The number of hydrogen-bond donors (Lipinski definition) is 2. The molecule has 2 aromatic carbocycles. The zero-order valence-electron chi connectivity index (χ0n) is 13.7. The van der Waals surface area contributed by atoms with E-state index in [1.165, 1.54) is 0 Å². The number of phenolic OH excluding ortho intramolecular Hbond substituents is 2. The minimum atomic E-state index is 0.261. The lowest BCUT2D eigenvalue weighted by Crippen LogP contribution is -2.23. The minimum absolute atomic E-state index is 0.261. The van der Waals surface area contributed by atoms with Crippen LogP contribution in [0.4, 0.5) is 0 Å². The highest BCUT2D eigenvalue weighted by Crippen LogP contribution is 2.30. The summed E-state index contributed by atoms with van der Waals surface area (Å²) in [5.41, 5.74) is 0. The lowest BCUT2D eigenvalue weighted by atomic mass is 9.83. The fraction of sp³-hybridized carbons (Fsp3) is 0.400. The van der Waals surface area contributed by atoms with E-state index >= 15 is 0 Å². The number of rotatable bonds is 6. The molecule has 0 saturated heterocycles. The average Bonchev–Trinajstić information content (AvgIpc) is 2.62. The Kier molecular flexibility index (Phi) is 5.47. The first kappa shape index (κ1) is 16.5. The molecular formula is C20H24O4. The third kappa shape index (κ3) is 4.82. The van der Waals surface area contributed by atoms with Gasteiger partial charge in [0.05, 0.1) is 13.2 Å². The van der Waals surface area contributed by atoms with E-state index < -0.39 is 0 Å². The first-order valence-electron chi connectivity index (χ1n) is 8.53. The fourth-order valence-electron chi connectivity index (χ4n) is 3.08. The minimum Gasteiger partial charge on any atom is -0.508 e. The summed E-state index contributed by atoms with van der Waals surface area (Å²) in [5, 5.41) is 18.5. The Morgan fingerprint density at radius 1 is 0.625 bits per heavy atom. The van der Waals surface area contributed by atoms with Crippen molar-refractivity contribution >= 4 is 0 Å². The van der Waals surface area contributed by atoms with Crippen molar-refractivity contribution in [3.63, 3.8) is 0 Å². The molecule has 0 aliphatic heterocycles. The van der Waals surface area contributed by atoms with Crippen LogP contribution in [-0.2, 0) is 0 Å². The van der Waals surface area contributed by atoms with Crippen molar-refractivity contribution in [1.82, 2.24) is 0 Å². The predicted octanol–water partition coefficient (Wildman–Crippen LogP) is 4.36. The largest absolute Gasteiger partial charge is 0.508 e. The molecule has 0 atom stereocenters. The summed E-state index contributed by atoms with van der Waals surface area (Å²) in [6.07, 6.45) is 4.62. The molecule has 2 N–H and O–H groups in total. The van der Waals surface area contributed by atoms with Crippen molar-refractivity contribution in [1.29, 1.82) is 0 Å². The van der Waals surface area contributed by atoms with Crippen molar-refractivity contribution in [3.8, 4) is 23.0 Å². The van der Waals surface area contributed by atoms with Crippen molar-refractivity contribution in [2.45, 2.75) is 25.7 Å². The highest BCUT2D eigenvalue weighted by Gasteiger charge is 2.22. The van der Waals surface area contributed by atoms with E-state index in [2.05, 4.69) is 0 Å². The molecule has 0 heterocycles. The summed E-state index contributed by atoms with van der Waals surface area (Å²) in [6.45, 7) is 1.46. The molecule has 3 rings (SSSR count). The Bertz CT molecular complexity index is 556. The number of ether oxygens (including phenoxy) is 2. The van der Waals surface area contributed by atoms with E-state index in [9.17, 15) is 10.2 Å². The summed E-state index contributed by atoms with van der Waals surface area (Å²) >= 11 is 0. The average molecular weight is 328 g/mol. The van der Waals surface area contributed by atoms with Gasteiger partial charge in [-0.25, -0.2) is 0 Å². The van der Waals surface area contributed by atoms with Crippen LogP contribution in [0.5, 0.6) is 23.0 Å². The van der Waals surface area contributed by atoms with Crippen molar-refractivity contribution < 1.29 is 19.7 Å². The van der Waals surface area contributed by atoms with E-state index in [-0.39, 0.29) is 11.5 Å². The van der Waals surface area contributed by atoms with Crippen LogP contribution in [0.25, 0.3) is 0 Å². The summed E-state index contributed by atoms with van der Waals surface area (Å²) in [7, 11) is 0. The van der Waals surface area contributed by atoms with Gasteiger partial charge < -0.3 is 19.7 Å². The number of benzene rings is 2. The SMILES string of the molecule is Oc1ccc(OCC2CCC(COc3ccc(O)cc3)CC2)cc1. The summed E-state index contributed by atoms with van der Waals surface area (Å²) in [6, 6.07) is 13.8.